The molecule has 3 rings (SSSR count). The van der Waals surface area contributed by atoms with Crippen LogP contribution in [0, 0.1) is 6.92 Å². The average Bonchev–Trinajstić information content (AvgIpc) is 2.87. The zero-order valence-corrected chi connectivity index (χ0v) is 20.3. The van der Waals surface area contributed by atoms with Crippen molar-refractivity contribution in [3.05, 3.63) is 96.1 Å². The number of carbonyl (C=O) groups excluding carboxylic acids is 2. The molecule has 3 aromatic rings. The van der Waals surface area contributed by atoms with Gasteiger partial charge in [-0.05, 0) is 61.9 Å². The highest BCUT2D eigenvalue weighted by atomic mass is 16.5. The Labute approximate surface area is 210 Å². The van der Waals surface area contributed by atoms with Crippen LogP contribution in [0.25, 0.3) is 0 Å². The third-order valence-corrected chi connectivity index (χ3v) is 4.81. The molecule has 8 heteroatoms. The predicted octanol–water partition coefficient (Wildman–Crippen LogP) is 4.74. The Morgan fingerprint density at radius 1 is 0.944 bits per heavy atom. The highest BCUT2D eigenvalue weighted by molar-refractivity contribution is 5.96. The number of carbonyl (C=O) groups is 2. The van der Waals surface area contributed by atoms with Crippen LogP contribution in [0.5, 0.6) is 17.2 Å². The van der Waals surface area contributed by atoms with Gasteiger partial charge in [-0.25, -0.2) is 5.43 Å². The fraction of sp³-hybridized carbons (Fsp3) is 0.179. The van der Waals surface area contributed by atoms with Gasteiger partial charge in [0.15, 0.2) is 18.1 Å². The van der Waals surface area contributed by atoms with Crippen molar-refractivity contribution in [3.8, 4) is 17.2 Å². The molecule has 186 valence electrons. The third-order valence-electron chi connectivity index (χ3n) is 4.81. The summed E-state index contributed by atoms with van der Waals surface area (Å²) in [5, 5.41) is 6.84. The van der Waals surface area contributed by atoms with Gasteiger partial charge in [0, 0.05) is 16.8 Å². The van der Waals surface area contributed by atoms with Crippen LogP contribution in [0.2, 0.25) is 0 Å². The molecule has 0 saturated heterocycles. The largest absolute Gasteiger partial charge is 0.490 e. The van der Waals surface area contributed by atoms with Crippen molar-refractivity contribution in [1.29, 1.82) is 0 Å². The molecule has 0 bridgehead atoms. The number of benzene rings is 3. The Morgan fingerprint density at radius 3 is 2.56 bits per heavy atom. The zero-order chi connectivity index (χ0) is 25.8. The van der Waals surface area contributed by atoms with Gasteiger partial charge >= 0.3 is 0 Å². The van der Waals surface area contributed by atoms with E-state index in [4.69, 9.17) is 14.2 Å². The minimum Gasteiger partial charge on any atom is -0.490 e. The standard InChI is InChI=1S/C28H29N3O5/c1-4-15-35-25-14-13-21(17-26(25)34-5-2)28(33)31-29-18-22-10-6-7-12-24(22)36-19-27(32)30-23-11-8-9-20(3)16-23/h4,6-14,16-18H,1,5,15,19H2,2-3H3,(H,30,32)(H,31,33)/b29-18+. The Balaban J connectivity index is 1.60. The van der Waals surface area contributed by atoms with Crippen LogP contribution in [0.1, 0.15) is 28.4 Å². The molecule has 0 aliphatic heterocycles. The summed E-state index contributed by atoms with van der Waals surface area (Å²) in [5.41, 5.74) is 5.20. The SMILES string of the molecule is C=CCOc1ccc(C(=O)N/N=C/c2ccccc2OCC(=O)Nc2cccc(C)c2)cc1OCC. The number of hydrogen-bond donors (Lipinski definition) is 2. The molecular weight excluding hydrogens is 458 g/mol. The second-order valence-corrected chi connectivity index (χ2v) is 7.64. The first-order chi connectivity index (χ1) is 17.5. The van der Waals surface area contributed by atoms with Gasteiger partial charge in [0.1, 0.15) is 12.4 Å². The number of hydrogen-bond acceptors (Lipinski definition) is 6. The van der Waals surface area contributed by atoms with E-state index in [9.17, 15) is 9.59 Å². The van der Waals surface area contributed by atoms with Crippen molar-refractivity contribution in [1.82, 2.24) is 5.43 Å². The number of rotatable bonds is 12. The second kappa shape index (κ2) is 13.3. The number of aryl methyl sites for hydroxylation is 1. The Morgan fingerprint density at radius 2 is 1.78 bits per heavy atom. The first-order valence-electron chi connectivity index (χ1n) is 11.4. The van der Waals surface area contributed by atoms with Gasteiger partial charge in [-0.2, -0.15) is 5.10 Å². The Bertz CT molecular complexity index is 1240. The van der Waals surface area contributed by atoms with Crippen molar-refractivity contribution >= 4 is 23.7 Å². The van der Waals surface area contributed by atoms with E-state index in [1.807, 2.05) is 38.1 Å². The molecule has 0 fully saturated rings. The van der Waals surface area contributed by atoms with Crippen LogP contribution in [0.3, 0.4) is 0 Å². The quantitative estimate of drug-likeness (QED) is 0.218. The van der Waals surface area contributed by atoms with Gasteiger partial charge in [0.05, 0.1) is 12.8 Å². The van der Waals surface area contributed by atoms with Gasteiger partial charge in [0.2, 0.25) is 0 Å². The first kappa shape index (κ1) is 26.0. The fourth-order valence-corrected chi connectivity index (χ4v) is 3.19. The number of ether oxygens (including phenoxy) is 3. The molecule has 0 aromatic heterocycles. The lowest BCUT2D eigenvalue weighted by atomic mass is 10.2. The van der Waals surface area contributed by atoms with Crippen LogP contribution < -0.4 is 25.0 Å². The monoisotopic (exact) mass is 487 g/mol. The Hall–Kier alpha value is -4.59. The topological polar surface area (TPSA) is 98.3 Å². The predicted molar refractivity (Wildman–Crippen MR) is 140 cm³/mol. The van der Waals surface area contributed by atoms with E-state index < -0.39 is 5.91 Å². The van der Waals surface area contributed by atoms with Crippen LogP contribution in [0.4, 0.5) is 5.69 Å². The van der Waals surface area contributed by atoms with E-state index in [0.717, 1.165) is 5.56 Å². The molecule has 0 saturated carbocycles. The summed E-state index contributed by atoms with van der Waals surface area (Å²) in [6.07, 6.45) is 3.08. The number of anilines is 1. The number of nitrogens with zero attached hydrogens (tertiary/aromatic N) is 1. The number of hydrazone groups is 1. The lowest BCUT2D eigenvalue weighted by Crippen LogP contribution is -2.20. The molecule has 2 N–H and O–H groups in total. The highest BCUT2D eigenvalue weighted by Gasteiger charge is 2.12. The average molecular weight is 488 g/mol. The number of amides is 2. The van der Waals surface area contributed by atoms with Crippen LogP contribution in [-0.4, -0.2) is 37.8 Å². The molecule has 36 heavy (non-hydrogen) atoms. The molecule has 0 aliphatic rings. The maximum atomic E-state index is 12.6. The van der Waals surface area contributed by atoms with Crippen LogP contribution in [-0.2, 0) is 4.79 Å². The highest BCUT2D eigenvalue weighted by Crippen LogP contribution is 2.28. The van der Waals surface area contributed by atoms with E-state index in [1.54, 1.807) is 48.5 Å². The normalized spacial score (nSPS) is 10.5. The lowest BCUT2D eigenvalue weighted by molar-refractivity contribution is -0.118. The van der Waals surface area contributed by atoms with Crippen molar-refractivity contribution in [3.63, 3.8) is 0 Å². The van der Waals surface area contributed by atoms with Crippen molar-refractivity contribution in [2.45, 2.75) is 13.8 Å². The number of para-hydroxylation sites is 1. The summed E-state index contributed by atoms with van der Waals surface area (Å²) in [7, 11) is 0. The van der Waals surface area contributed by atoms with Gasteiger partial charge in [-0.3, -0.25) is 9.59 Å². The summed E-state index contributed by atoms with van der Waals surface area (Å²) in [4.78, 5) is 24.9. The molecular formula is C28H29N3O5. The molecule has 0 radical (unpaired) electrons. The van der Waals surface area contributed by atoms with E-state index in [1.165, 1.54) is 6.21 Å². The maximum Gasteiger partial charge on any atom is 0.271 e. The summed E-state index contributed by atoms with van der Waals surface area (Å²) < 4.78 is 16.8. The fourth-order valence-electron chi connectivity index (χ4n) is 3.19. The summed E-state index contributed by atoms with van der Waals surface area (Å²) in [6.45, 7) is 8.00. The van der Waals surface area contributed by atoms with Crippen molar-refractivity contribution < 1.29 is 23.8 Å². The van der Waals surface area contributed by atoms with E-state index in [0.29, 0.717) is 47.3 Å². The van der Waals surface area contributed by atoms with Crippen molar-refractivity contribution in [2.24, 2.45) is 5.10 Å². The molecule has 3 aromatic carbocycles. The molecule has 2 amide bonds. The molecule has 0 aliphatic carbocycles. The first-order valence-corrected chi connectivity index (χ1v) is 11.4. The van der Waals surface area contributed by atoms with Gasteiger partial charge < -0.3 is 19.5 Å². The summed E-state index contributed by atoms with van der Waals surface area (Å²) in [5.74, 6) is 0.731. The minimum atomic E-state index is -0.418. The zero-order valence-electron chi connectivity index (χ0n) is 20.3. The maximum absolute atomic E-state index is 12.6. The molecule has 0 spiro atoms. The smallest absolute Gasteiger partial charge is 0.271 e. The minimum absolute atomic E-state index is 0.175. The van der Waals surface area contributed by atoms with Gasteiger partial charge in [-0.1, -0.05) is 36.9 Å². The van der Waals surface area contributed by atoms with E-state index >= 15 is 0 Å². The van der Waals surface area contributed by atoms with E-state index in [-0.39, 0.29) is 12.5 Å². The van der Waals surface area contributed by atoms with Gasteiger partial charge in [0.25, 0.3) is 11.8 Å². The molecule has 0 atom stereocenters. The molecule has 0 heterocycles. The second-order valence-electron chi connectivity index (χ2n) is 7.64. The lowest BCUT2D eigenvalue weighted by Gasteiger charge is -2.12. The molecule has 0 unspecified atom stereocenters. The van der Waals surface area contributed by atoms with Crippen molar-refractivity contribution in [2.75, 3.05) is 25.1 Å². The summed E-state index contributed by atoms with van der Waals surface area (Å²) in [6, 6.07) is 19.5. The Kier molecular flexibility index (Phi) is 9.64. The van der Waals surface area contributed by atoms with Crippen LogP contribution >= 0.6 is 0 Å². The van der Waals surface area contributed by atoms with E-state index in [2.05, 4.69) is 22.4 Å². The third kappa shape index (κ3) is 7.73. The van der Waals surface area contributed by atoms with Crippen LogP contribution in [0.15, 0.2) is 84.5 Å². The molecule has 8 nitrogen and oxygen atoms in total. The summed E-state index contributed by atoms with van der Waals surface area (Å²) >= 11 is 0. The van der Waals surface area contributed by atoms with Gasteiger partial charge in [-0.15, -0.1) is 0 Å². The number of nitrogens with one attached hydrogen (secondary N) is 2.